The largest absolute Gasteiger partial charge is 0.439 e. The first-order valence-corrected chi connectivity index (χ1v) is 7.63. The summed E-state index contributed by atoms with van der Waals surface area (Å²) in [5.41, 5.74) is 0.894. The van der Waals surface area contributed by atoms with E-state index >= 15 is 0 Å². The molecule has 5 heteroatoms. The number of ether oxygens (including phenoxy) is 1. The summed E-state index contributed by atoms with van der Waals surface area (Å²) in [4.78, 5) is 4.40. The average molecular weight is 353 g/mol. The van der Waals surface area contributed by atoms with E-state index in [1.807, 2.05) is 12.1 Å². The third-order valence-electron chi connectivity index (χ3n) is 2.75. The van der Waals surface area contributed by atoms with E-state index in [0.717, 1.165) is 12.2 Å². The molecule has 21 heavy (non-hydrogen) atoms. The van der Waals surface area contributed by atoms with Crippen molar-refractivity contribution in [1.29, 1.82) is 0 Å². The monoisotopic (exact) mass is 352 g/mol. The van der Waals surface area contributed by atoms with E-state index in [-0.39, 0.29) is 5.82 Å². The minimum Gasteiger partial charge on any atom is -0.439 e. The van der Waals surface area contributed by atoms with Gasteiger partial charge in [-0.25, -0.2) is 9.37 Å². The number of hydrogen-bond acceptors (Lipinski definition) is 3. The van der Waals surface area contributed by atoms with Crippen molar-refractivity contribution < 1.29 is 9.13 Å². The van der Waals surface area contributed by atoms with Gasteiger partial charge < -0.3 is 10.1 Å². The van der Waals surface area contributed by atoms with E-state index in [9.17, 15) is 4.39 Å². The van der Waals surface area contributed by atoms with Crippen molar-refractivity contribution >= 4 is 15.9 Å². The third kappa shape index (κ3) is 5.10. The summed E-state index contributed by atoms with van der Waals surface area (Å²) in [7, 11) is 0. The van der Waals surface area contributed by atoms with Gasteiger partial charge in [0.25, 0.3) is 0 Å². The summed E-state index contributed by atoms with van der Waals surface area (Å²) >= 11 is 3.11. The molecule has 0 unspecified atom stereocenters. The molecule has 0 amide bonds. The van der Waals surface area contributed by atoms with Crippen LogP contribution >= 0.6 is 15.9 Å². The second kappa shape index (κ2) is 7.52. The molecule has 0 aliphatic heterocycles. The summed E-state index contributed by atoms with van der Waals surface area (Å²) in [5, 5.41) is 3.32. The molecule has 1 aromatic heterocycles. The molecule has 0 saturated carbocycles. The molecule has 0 aliphatic carbocycles. The van der Waals surface area contributed by atoms with E-state index in [1.54, 1.807) is 18.2 Å². The number of aromatic nitrogens is 1. The van der Waals surface area contributed by atoms with Crippen LogP contribution in [0.4, 0.5) is 4.39 Å². The van der Waals surface area contributed by atoms with Crippen LogP contribution in [-0.4, -0.2) is 11.5 Å². The average Bonchev–Trinajstić information content (AvgIpc) is 2.43. The van der Waals surface area contributed by atoms with Gasteiger partial charge in [0, 0.05) is 18.7 Å². The molecule has 0 fully saturated rings. The first-order chi connectivity index (χ1) is 10.0. The van der Waals surface area contributed by atoms with Crippen molar-refractivity contribution in [3.05, 3.63) is 52.4 Å². The Balaban J connectivity index is 2.01. The minimum atomic E-state index is -0.359. The highest BCUT2D eigenvalue weighted by atomic mass is 79.9. The Morgan fingerprint density at radius 3 is 2.81 bits per heavy atom. The highest BCUT2D eigenvalue weighted by Crippen LogP contribution is 2.24. The molecule has 0 bridgehead atoms. The Morgan fingerprint density at radius 2 is 2.10 bits per heavy atom. The lowest BCUT2D eigenvalue weighted by atomic mass is 10.2. The number of rotatable bonds is 6. The second-order valence-electron chi connectivity index (χ2n) is 5.17. The normalized spacial score (nSPS) is 10.9. The summed E-state index contributed by atoms with van der Waals surface area (Å²) in [6, 6.07) is 10.2. The molecule has 0 spiro atoms. The lowest BCUT2D eigenvalue weighted by Gasteiger charge is -2.09. The molecule has 112 valence electrons. The molecule has 1 N–H and O–H groups in total. The standard InChI is InChI=1S/C16H18BrFN2O/c1-11(2)9-19-10-12-4-3-5-16(20-12)21-13-6-7-14(17)15(18)8-13/h3-8,11,19H,9-10H2,1-2H3. The van der Waals surface area contributed by atoms with Crippen molar-refractivity contribution in [2.75, 3.05) is 6.54 Å². The van der Waals surface area contributed by atoms with Gasteiger partial charge >= 0.3 is 0 Å². The van der Waals surface area contributed by atoms with Crippen molar-refractivity contribution in [3.63, 3.8) is 0 Å². The van der Waals surface area contributed by atoms with Gasteiger partial charge in [-0.2, -0.15) is 0 Å². The number of benzene rings is 1. The van der Waals surface area contributed by atoms with Crippen LogP contribution in [-0.2, 0) is 6.54 Å². The van der Waals surface area contributed by atoms with E-state index in [2.05, 4.69) is 40.1 Å². The minimum absolute atomic E-state index is 0.359. The van der Waals surface area contributed by atoms with E-state index in [1.165, 1.54) is 6.07 Å². The molecule has 1 heterocycles. The third-order valence-corrected chi connectivity index (χ3v) is 3.40. The molecule has 1 aromatic carbocycles. The van der Waals surface area contributed by atoms with Gasteiger partial charge in [-0.1, -0.05) is 19.9 Å². The zero-order valence-corrected chi connectivity index (χ0v) is 13.7. The van der Waals surface area contributed by atoms with Crippen molar-refractivity contribution in [2.45, 2.75) is 20.4 Å². The van der Waals surface area contributed by atoms with Gasteiger partial charge in [0.1, 0.15) is 11.6 Å². The molecular weight excluding hydrogens is 335 g/mol. The van der Waals surface area contributed by atoms with Gasteiger partial charge in [-0.05, 0) is 46.6 Å². The van der Waals surface area contributed by atoms with E-state index in [0.29, 0.717) is 28.6 Å². The number of hydrogen-bond donors (Lipinski definition) is 1. The predicted octanol–water partition coefficient (Wildman–Crippen LogP) is 4.52. The quantitative estimate of drug-likeness (QED) is 0.829. The van der Waals surface area contributed by atoms with Gasteiger partial charge in [0.15, 0.2) is 0 Å². The first-order valence-electron chi connectivity index (χ1n) is 6.84. The van der Waals surface area contributed by atoms with Gasteiger partial charge in [-0.15, -0.1) is 0 Å². The lowest BCUT2D eigenvalue weighted by molar-refractivity contribution is 0.453. The molecule has 2 aromatic rings. The number of nitrogens with one attached hydrogen (secondary N) is 1. The molecular formula is C16H18BrFN2O. The van der Waals surface area contributed by atoms with E-state index < -0.39 is 0 Å². The molecule has 0 radical (unpaired) electrons. The summed E-state index contributed by atoms with van der Waals surface area (Å²) in [6.07, 6.45) is 0. The summed E-state index contributed by atoms with van der Waals surface area (Å²) in [5.74, 6) is 1.12. The fourth-order valence-electron chi connectivity index (χ4n) is 1.76. The Labute approximate surface area is 132 Å². The first kappa shape index (κ1) is 15.9. The van der Waals surface area contributed by atoms with Crippen molar-refractivity contribution in [1.82, 2.24) is 10.3 Å². The van der Waals surface area contributed by atoms with Crippen LogP contribution < -0.4 is 10.1 Å². The van der Waals surface area contributed by atoms with Gasteiger partial charge in [0.05, 0.1) is 10.2 Å². The number of halogens is 2. The Bertz CT molecular complexity index is 605. The summed E-state index contributed by atoms with van der Waals surface area (Å²) < 4.78 is 19.4. The van der Waals surface area contributed by atoms with Crippen LogP contribution in [0, 0.1) is 11.7 Å². The Kier molecular flexibility index (Phi) is 5.70. The van der Waals surface area contributed by atoms with Crippen LogP contribution in [0.5, 0.6) is 11.6 Å². The molecule has 0 aliphatic rings. The Hall–Kier alpha value is -1.46. The van der Waals surface area contributed by atoms with Crippen LogP contribution in [0.1, 0.15) is 19.5 Å². The molecule has 2 rings (SSSR count). The van der Waals surface area contributed by atoms with Crippen LogP contribution in [0.25, 0.3) is 0 Å². The SMILES string of the molecule is CC(C)CNCc1cccc(Oc2ccc(Br)c(F)c2)n1. The maximum absolute atomic E-state index is 13.4. The second-order valence-corrected chi connectivity index (χ2v) is 6.02. The number of nitrogens with zero attached hydrogens (tertiary/aromatic N) is 1. The fraction of sp³-hybridized carbons (Fsp3) is 0.312. The van der Waals surface area contributed by atoms with Crippen LogP contribution in [0.2, 0.25) is 0 Å². The summed E-state index contributed by atoms with van der Waals surface area (Å²) in [6.45, 7) is 5.93. The highest BCUT2D eigenvalue weighted by molar-refractivity contribution is 9.10. The lowest BCUT2D eigenvalue weighted by Crippen LogP contribution is -2.19. The molecule has 0 atom stereocenters. The highest BCUT2D eigenvalue weighted by Gasteiger charge is 2.04. The maximum Gasteiger partial charge on any atom is 0.219 e. The smallest absolute Gasteiger partial charge is 0.219 e. The van der Waals surface area contributed by atoms with Gasteiger partial charge in [0.2, 0.25) is 5.88 Å². The van der Waals surface area contributed by atoms with Gasteiger partial charge in [-0.3, -0.25) is 0 Å². The maximum atomic E-state index is 13.4. The zero-order valence-electron chi connectivity index (χ0n) is 12.1. The fourth-order valence-corrected chi connectivity index (χ4v) is 2.01. The number of pyridine rings is 1. The van der Waals surface area contributed by atoms with E-state index in [4.69, 9.17) is 4.74 Å². The molecule has 3 nitrogen and oxygen atoms in total. The predicted molar refractivity (Wildman–Crippen MR) is 85.0 cm³/mol. The topological polar surface area (TPSA) is 34.1 Å². The Morgan fingerprint density at radius 1 is 1.29 bits per heavy atom. The zero-order chi connectivity index (χ0) is 15.2. The molecule has 0 saturated heterocycles. The van der Waals surface area contributed by atoms with Crippen molar-refractivity contribution in [3.8, 4) is 11.6 Å². The van der Waals surface area contributed by atoms with Crippen molar-refractivity contribution in [2.24, 2.45) is 5.92 Å². The van der Waals surface area contributed by atoms with Crippen LogP contribution in [0.15, 0.2) is 40.9 Å². The van der Waals surface area contributed by atoms with Crippen LogP contribution in [0.3, 0.4) is 0 Å².